The summed E-state index contributed by atoms with van der Waals surface area (Å²) in [6.07, 6.45) is 7.00. The maximum atomic E-state index is 5.28. The maximum absolute atomic E-state index is 5.28. The Hall–Kier alpha value is -2.28. The van der Waals surface area contributed by atoms with Gasteiger partial charge in [-0.25, -0.2) is 0 Å². The molecular formula is C14H14N2O2. The van der Waals surface area contributed by atoms with Crippen molar-refractivity contribution < 1.29 is 9.26 Å². The highest BCUT2D eigenvalue weighted by Crippen LogP contribution is 2.19. The van der Waals surface area contributed by atoms with Gasteiger partial charge < -0.3 is 9.26 Å². The average Bonchev–Trinajstić information content (AvgIpc) is 2.84. The molecule has 0 amide bonds. The summed E-state index contributed by atoms with van der Waals surface area (Å²) in [5, 5.41) is 3.93. The van der Waals surface area contributed by atoms with Crippen molar-refractivity contribution in [1.82, 2.24) is 10.1 Å². The summed E-state index contributed by atoms with van der Waals surface area (Å²) in [6, 6.07) is 7.78. The third kappa shape index (κ3) is 2.89. The van der Waals surface area contributed by atoms with E-state index in [1.54, 1.807) is 7.11 Å². The van der Waals surface area contributed by atoms with Gasteiger partial charge in [-0.15, -0.1) is 12.3 Å². The molecule has 0 saturated heterocycles. The molecule has 0 aliphatic rings. The second-order valence-electron chi connectivity index (χ2n) is 3.80. The van der Waals surface area contributed by atoms with Gasteiger partial charge in [0, 0.05) is 24.8 Å². The molecule has 0 spiro atoms. The first-order chi connectivity index (χ1) is 8.83. The Kier molecular flexibility index (Phi) is 3.98. The van der Waals surface area contributed by atoms with E-state index in [1.165, 1.54) is 0 Å². The second-order valence-corrected chi connectivity index (χ2v) is 3.80. The molecule has 1 heterocycles. The highest BCUT2D eigenvalue weighted by molar-refractivity contribution is 5.35. The Morgan fingerprint density at radius 2 is 2.22 bits per heavy atom. The fraction of sp³-hybridized carbons (Fsp3) is 0.286. The lowest BCUT2D eigenvalue weighted by atomic mass is 10.1. The normalized spacial score (nSPS) is 10.0. The summed E-state index contributed by atoms with van der Waals surface area (Å²) in [7, 11) is 1.65. The van der Waals surface area contributed by atoms with Crippen LogP contribution in [0.15, 0.2) is 28.8 Å². The van der Waals surface area contributed by atoms with E-state index >= 15 is 0 Å². The molecule has 0 unspecified atom stereocenters. The van der Waals surface area contributed by atoms with Crippen LogP contribution in [0.2, 0.25) is 0 Å². The van der Waals surface area contributed by atoms with Gasteiger partial charge in [0.05, 0.1) is 7.11 Å². The number of aryl methyl sites for hydroxylation is 1. The van der Waals surface area contributed by atoms with Gasteiger partial charge in [0.1, 0.15) is 5.75 Å². The Balaban J connectivity index is 2.09. The lowest BCUT2D eigenvalue weighted by molar-refractivity contribution is 0.374. The minimum atomic E-state index is 0.581. The van der Waals surface area contributed by atoms with Crippen LogP contribution in [0.4, 0.5) is 0 Å². The van der Waals surface area contributed by atoms with E-state index in [9.17, 15) is 0 Å². The summed E-state index contributed by atoms with van der Waals surface area (Å²) < 4.78 is 10.4. The number of para-hydroxylation sites is 1. The second kappa shape index (κ2) is 5.87. The number of hydrogen-bond donors (Lipinski definition) is 0. The largest absolute Gasteiger partial charge is 0.496 e. The van der Waals surface area contributed by atoms with E-state index in [0.717, 1.165) is 11.3 Å². The molecule has 2 rings (SSSR count). The van der Waals surface area contributed by atoms with Crippen molar-refractivity contribution in [2.45, 2.75) is 19.3 Å². The molecule has 4 heteroatoms. The summed E-state index contributed by atoms with van der Waals surface area (Å²) in [5.74, 6) is 4.60. The topological polar surface area (TPSA) is 48.2 Å². The third-order valence-electron chi connectivity index (χ3n) is 2.53. The van der Waals surface area contributed by atoms with Crippen LogP contribution in [-0.2, 0) is 12.8 Å². The number of nitrogens with zero attached hydrogens (tertiary/aromatic N) is 2. The molecule has 1 aromatic heterocycles. The van der Waals surface area contributed by atoms with Gasteiger partial charge >= 0.3 is 0 Å². The van der Waals surface area contributed by atoms with Crippen molar-refractivity contribution in [1.29, 1.82) is 0 Å². The van der Waals surface area contributed by atoms with Crippen molar-refractivity contribution in [2.75, 3.05) is 7.11 Å². The fourth-order valence-corrected chi connectivity index (χ4v) is 1.66. The Bertz CT molecular complexity index is 555. The van der Waals surface area contributed by atoms with Crippen LogP contribution in [0.25, 0.3) is 0 Å². The maximum Gasteiger partial charge on any atom is 0.227 e. The first-order valence-electron chi connectivity index (χ1n) is 5.70. The van der Waals surface area contributed by atoms with Gasteiger partial charge in [0.15, 0.2) is 5.82 Å². The van der Waals surface area contributed by atoms with E-state index in [1.807, 2.05) is 24.3 Å². The molecule has 4 nitrogen and oxygen atoms in total. The number of hydrogen-bond acceptors (Lipinski definition) is 4. The Morgan fingerprint density at radius 1 is 1.39 bits per heavy atom. The van der Waals surface area contributed by atoms with Crippen molar-refractivity contribution in [3.63, 3.8) is 0 Å². The summed E-state index contributed by atoms with van der Waals surface area (Å²) >= 11 is 0. The standard InChI is InChI=1S/C14H14N2O2/c1-3-4-9-14-15-13(16-18-14)10-11-7-5-6-8-12(11)17-2/h1,5-8H,4,9-10H2,2H3. The minimum absolute atomic E-state index is 0.581. The first kappa shape index (κ1) is 12.2. The molecule has 0 aliphatic carbocycles. The van der Waals surface area contributed by atoms with Crippen molar-refractivity contribution >= 4 is 0 Å². The monoisotopic (exact) mass is 242 g/mol. The molecule has 0 N–H and O–H groups in total. The van der Waals surface area contributed by atoms with Gasteiger partial charge in [0.2, 0.25) is 5.89 Å². The van der Waals surface area contributed by atoms with E-state index in [2.05, 4.69) is 16.1 Å². The SMILES string of the molecule is C#CCCc1nc(Cc2ccccc2OC)no1. The van der Waals surface area contributed by atoms with Crippen molar-refractivity contribution in [3.8, 4) is 18.1 Å². The van der Waals surface area contributed by atoms with Crippen molar-refractivity contribution in [3.05, 3.63) is 41.5 Å². The van der Waals surface area contributed by atoms with Crippen LogP contribution in [0.1, 0.15) is 23.7 Å². The van der Waals surface area contributed by atoms with Gasteiger partial charge in [-0.05, 0) is 6.07 Å². The predicted octanol–water partition coefficient (Wildman–Crippen LogP) is 2.23. The van der Waals surface area contributed by atoms with Crippen LogP contribution in [0, 0.1) is 12.3 Å². The summed E-state index contributed by atoms with van der Waals surface area (Å²) in [4.78, 5) is 4.29. The van der Waals surface area contributed by atoms with E-state index in [-0.39, 0.29) is 0 Å². The zero-order valence-electron chi connectivity index (χ0n) is 10.2. The molecule has 0 radical (unpaired) electrons. The number of rotatable bonds is 5. The Labute approximate surface area is 106 Å². The number of methoxy groups -OCH3 is 1. The number of ether oxygens (including phenoxy) is 1. The predicted molar refractivity (Wildman–Crippen MR) is 67.3 cm³/mol. The summed E-state index contributed by atoms with van der Waals surface area (Å²) in [5.41, 5.74) is 1.03. The molecule has 0 bridgehead atoms. The molecular weight excluding hydrogens is 228 g/mol. The molecule has 0 atom stereocenters. The third-order valence-corrected chi connectivity index (χ3v) is 2.53. The average molecular weight is 242 g/mol. The smallest absolute Gasteiger partial charge is 0.227 e. The van der Waals surface area contributed by atoms with Gasteiger partial charge in [0.25, 0.3) is 0 Å². The lowest BCUT2D eigenvalue weighted by Gasteiger charge is -2.04. The molecule has 18 heavy (non-hydrogen) atoms. The molecule has 92 valence electrons. The highest BCUT2D eigenvalue weighted by Gasteiger charge is 2.09. The molecule has 0 fully saturated rings. The zero-order valence-corrected chi connectivity index (χ0v) is 10.2. The van der Waals surface area contributed by atoms with Crippen LogP contribution in [0.3, 0.4) is 0 Å². The zero-order chi connectivity index (χ0) is 12.8. The van der Waals surface area contributed by atoms with Crippen molar-refractivity contribution in [2.24, 2.45) is 0 Å². The van der Waals surface area contributed by atoms with E-state index < -0.39 is 0 Å². The minimum Gasteiger partial charge on any atom is -0.496 e. The summed E-state index contributed by atoms with van der Waals surface area (Å²) in [6.45, 7) is 0. The van der Waals surface area contributed by atoms with Gasteiger partial charge in [-0.1, -0.05) is 23.4 Å². The van der Waals surface area contributed by atoms with E-state index in [0.29, 0.717) is 31.0 Å². The first-order valence-corrected chi connectivity index (χ1v) is 5.70. The molecule has 1 aromatic carbocycles. The highest BCUT2D eigenvalue weighted by atomic mass is 16.5. The fourth-order valence-electron chi connectivity index (χ4n) is 1.66. The Morgan fingerprint density at radius 3 is 3.00 bits per heavy atom. The number of benzene rings is 1. The number of aromatic nitrogens is 2. The van der Waals surface area contributed by atoms with Crippen LogP contribution >= 0.6 is 0 Å². The lowest BCUT2D eigenvalue weighted by Crippen LogP contribution is -1.95. The molecule has 2 aromatic rings. The number of terminal acetylenes is 1. The molecule has 0 saturated carbocycles. The van der Waals surface area contributed by atoms with Gasteiger partial charge in [-0.2, -0.15) is 4.98 Å². The molecule has 0 aliphatic heterocycles. The van der Waals surface area contributed by atoms with Crippen LogP contribution in [-0.4, -0.2) is 17.3 Å². The van der Waals surface area contributed by atoms with Gasteiger partial charge in [-0.3, -0.25) is 0 Å². The van der Waals surface area contributed by atoms with Crippen LogP contribution < -0.4 is 4.74 Å². The van der Waals surface area contributed by atoms with Crippen LogP contribution in [0.5, 0.6) is 5.75 Å². The van der Waals surface area contributed by atoms with E-state index in [4.69, 9.17) is 15.7 Å². The quantitative estimate of drug-likeness (QED) is 0.754.